The average Bonchev–Trinajstić information content (AvgIpc) is 2.81. The normalized spacial score (nSPS) is 20.6. The predicted octanol–water partition coefficient (Wildman–Crippen LogP) is 0.572. The van der Waals surface area contributed by atoms with E-state index in [0.29, 0.717) is 5.92 Å². The second-order valence-electron chi connectivity index (χ2n) is 4.84. The lowest BCUT2D eigenvalue weighted by atomic mass is 9.99. The van der Waals surface area contributed by atoms with Gasteiger partial charge in [-0.3, -0.25) is 4.68 Å². The fourth-order valence-corrected chi connectivity index (χ4v) is 2.61. The van der Waals surface area contributed by atoms with Gasteiger partial charge in [-0.05, 0) is 18.8 Å². The Balaban J connectivity index is 1.98. The zero-order chi connectivity index (χ0) is 12.5. The van der Waals surface area contributed by atoms with Crippen molar-refractivity contribution >= 4 is 16.9 Å². The van der Waals surface area contributed by atoms with E-state index in [2.05, 4.69) is 20.0 Å². The van der Waals surface area contributed by atoms with E-state index in [4.69, 9.17) is 0 Å². The van der Waals surface area contributed by atoms with Gasteiger partial charge in [-0.25, -0.2) is 9.97 Å². The Hall–Kier alpha value is -1.69. The molecule has 0 radical (unpaired) electrons. The Labute approximate surface area is 105 Å². The van der Waals surface area contributed by atoms with Gasteiger partial charge >= 0.3 is 0 Å². The van der Waals surface area contributed by atoms with Gasteiger partial charge in [0.15, 0.2) is 5.65 Å². The van der Waals surface area contributed by atoms with E-state index in [1.165, 1.54) is 0 Å². The van der Waals surface area contributed by atoms with E-state index in [9.17, 15) is 5.11 Å². The van der Waals surface area contributed by atoms with Crippen molar-refractivity contribution < 1.29 is 5.11 Å². The number of aromatic nitrogens is 4. The molecule has 1 aliphatic heterocycles. The Kier molecular flexibility index (Phi) is 2.87. The van der Waals surface area contributed by atoms with Gasteiger partial charge in [-0.1, -0.05) is 0 Å². The van der Waals surface area contributed by atoms with Gasteiger partial charge in [-0.15, -0.1) is 0 Å². The third kappa shape index (κ3) is 1.82. The van der Waals surface area contributed by atoms with Crippen LogP contribution in [0, 0.1) is 5.92 Å². The van der Waals surface area contributed by atoms with Crippen LogP contribution in [0.5, 0.6) is 0 Å². The van der Waals surface area contributed by atoms with Crippen LogP contribution in [0.15, 0.2) is 12.5 Å². The summed E-state index contributed by atoms with van der Waals surface area (Å²) in [6.07, 6.45) is 5.58. The van der Waals surface area contributed by atoms with Crippen LogP contribution in [0.3, 0.4) is 0 Å². The molecule has 0 amide bonds. The van der Waals surface area contributed by atoms with Crippen molar-refractivity contribution in [3.63, 3.8) is 0 Å². The number of hydrogen-bond donors (Lipinski definition) is 1. The second kappa shape index (κ2) is 4.53. The number of anilines is 1. The molecule has 1 saturated heterocycles. The Morgan fingerprint density at radius 1 is 1.44 bits per heavy atom. The first-order chi connectivity index (χ1) is 8.79. The van der Waals surface area contributed by atoms with Crippen LogP contribution in [0.4, 0.5) is 5.82 Å². The summed E-state index contributed by atoms with van der Waals surface area (Å²) >= 11 is 0. The van der Waals surface area contributed by atoms with E-state index in [1.54, 1.807) is 11.0 Å². The van der Waals surface area contributed by atoms with E-state index in [1.807, 2.05) is 13.2 Å². The van der Waals surface area contributed by atoms with Gasteiger partial charge in [0.1, 0.15) is 12.1 Å². The first-order valence-corrected chi connectivity index (χ1v) is 6.28. The fraction of sp³-hybridized carbons (Fsp3) is 0.583. The molecular weight excluding hydrogens is 230 g/mol. The lowest BCUT2D eigenvalue weighted by Crippen LogP contribution is -2.37. The lowest BCUT2D eigenvalue weighted by molar-refractivity contribution is 0.208. The summed E-state index contributed by atoms with van der Waals surface area (Å²) in [5, 5.41) is 14.5. The first-order valence-electron chi connectivity index (χ1n) is 6.28. The SMILES string of the molecule is Cn1ncc2c(N3CCCC(CO)C3)ncnc21. The summed E-state index contributed by atoms with van der Waals surface area (Å²) < 4.78 is 1.76. The Morgan fingerprint density at radius 2 is 2.33 bits per heavy atom. The maximum absolute atomic E-state index is 9.30. The zero-order valence-electron chi connectivity index (χ0n) is 10.5. The van der Waals surface area contributed by atoms with E-state index < -0.39 is 0 Å². The number of aryl methyl sites for hydroxylation is 1. The molecule has 1 unspecified atom stereocenters. The molecule has 2 aromatic heterocycles. The monoisotopic (exact) mass is 247 g/mol. The largest absolute Gasteiger partial charge is 0.396 e. The summed E-state index contributed by atoms with van der Waals surface area (Å²) in [4.78, 5) is 10.9. The number of hydrogen-bond acceptors (Lipinski definition) is 5. The molecule has 0 saturated carbocycles. The van der Waals surface area contributed by atoms with Gasteiger partial charge < -0.3 is 10.0 Å². The van der Waals surface area contributed by atoms with Crippen LogP contribution in [0.25, 0.3) is 11.0 Å². The molecule has 6 nitrogen and oxygen atoms in total. The van der Waals surface area contributed by atoms with Gasteiger partial charge in [-0.2, -0.15) is 5.10 Å². The molecule has 0 aromatic carbocycles. The molecule has 2 aromatic rings. The maximum Gasteiger partial charge on any atom is 0.163 e. The highest BCUT2D eigenvalue weighted by Gasteiger charge is 2.22. The molecule has 1 N–H and O–H groups in total. The number of aliphatic hydroxyl groups excluding tert-OH is 1. The predicted molar refractivity (Wildman–Crippen MR) is 68.3 cm³/mol. The molecule has 3 rings (SSSR count). The Morgan fingerprint density at radius 3 is 3.17 bits per heavy atom. The van der Waals surface area contributed by atoms with Crippen LogP contribution in [-0.2, 0) is 7.05 Å². The highest BCUT2D eigenvalue weighted by Crippen LogP contribution is 2.26. The highest BCUT2D eigenvalue weighted by molar-refractivity contribution is 5.86. The number of nitrogens with zero attached hydrogens (tertiary/aromatic N) is 5. The summed E-state index contributed by atoms with van der Waals surface area (Å²) in [5.41, 5.74) is 0.853. The van der Waals surface area contributed by atoms with Gasteiger partial charge in [0.25, 0.3) is 0 Å². The van der Waals surface area contributed by atoms with Crippen LogP contribution in [0.2, 0.25) is 0 Å². The molecular formula is C12H17N5O. The van der Waals surface area contributed by atoms with E-state index >= 15 is 0 Å². The van der Waals surface area contributed by atoms with Gasteiger partial charge in [0.05, 0.1) is 11.6 Å². The van der Waals surface area contributed by atoms with E-state index in [0.717, 1.165) is 42.8 Å². The minimum Gasteiger partial charge on any atom is -0.396 e. The lowest BCUT2D eigenvalue weighted by Gasteiger charge is -2.32. The van der Waals surface area contributed by atoms with Crippen molar-refractivity contribution in [2.45, 2.75) is 12.8 Å². The van der Waals surface area contributed by atoms with E-state index in [-0.39, 0.29) is 6.61 Å². The van der Waals surface area contributed by atoms with Gasteiger partial charge in [0.2, 0.25) is 0 Å². The highest BCUT2D eigenvalue weighted by atomic mass is 16.3. The summed E-state index contributed by atoms with van der Waals surface area (Å²) in [5.74, 6) is 1.28. The first kappa shape index (κ1) is 11.4. The van der Waals surface area contributed by atoms with Crippen molar-refractivity contribution in [1.82, 2.24) is 19.7 Å². The van der Waals surface area contributed by atoms with Gasteiger partial charge in [0, 0.05) is 26.7 Å². The molecule has 1 atom stereocenters. The molecule has 96 valence electrons. The zero-order valence-corrected chi connectivity index (χ0v) is 10.5. The molecule has 3 heterocycles. The minimum atomic E-state index is 0.248. The quantitative estimate of drug-likeness (QED) is 0.840. The minimum absolute atomic E-state index is 0.248. The third-order valence-corrected chi connectivity index (χ3v) is 3.59. The molecule has 1 fully saturated rings. The standard InChI is InChI=1S/C12H17N5O/c1-16-11-10(5-15-16)12(14-8-13-11)17-4-2-3-9(6-17)7-18/h5,8-9,18H,2-4,6-7H2,1H3. The van der Waals surface area contributed by atoms with Crippen LogP contribution in [0.1, 0.15) is 12.8 Å². The smallest absolute Gasteiger partial charge is 0.163 e. The molecule has 0 aliphatic carbocycles. The number of fused-ring (bicyclic) bond motifs is 1. The molecule has 1 aliphatic rings. The summed E-state index contributed by atoms with van der Waals surface area (Å²) in [7, 11) is 1.88. The number of aliphatic hydroxyl groups is 1. The number of piperidine rings is 1. The summed E-state index contributed by atoms with van der Waals surface area (Å²) in [6.45, 7) is 2.09. The number of rotatable bonds is 2. The molecule has 6 heteroatoms. The molecule has 0 spiro atoms. The Bertz CT molecular complexity index is 552. The van der Waals surface area contributed by atoms with Crippen molar-refractivity contribution in [3.8, 4) is 0 Å². The molecule has 0 bridgehead atoms. The van der Waals surface area contributed by atoms with Crippen molar-refractivity contribution in [2.75, 3.05) is 24.6 Å². The van der Waals surface area contributed by atoms with Crippen LogP contribution < -0.4 is 4.90 Å². The van der Waals surface area contributed by atoms with Crippen molar-refractivity contribution in [1.29, 1.82) is 0 Å². The maximum atomic E-state index is 9.30. The van der Waals surface area contributed by atoms with Crippen LogP contribution in [-0.4, -0.2) is 44.6 Å². The average molecular weight is 247 g/mol. The third-order valence-electron chi connectivity index (χ3n) is 3.59. The van der Waals surface area contributed by atoms with Crippen molar-refractivity contribution in [2.24, 2.45) is 13.0 Å². The molecule has 18 heavy (non-hydrogen) atoms. The van der Waals surface area contributed by atoms with Crippen LogP contribution >= 0.6 is 0 Å². The summed E-state index contributed by atoms with van der Waals surface area (Å²) in [6, 6.07) is 0. The second-order valence-corrected chi connectivity index (χ2v) is 4.84. The fourth-order valence-electron chi connectivity index (χ4n) is 2.61. The topological polar surface area (TPSA) is 67.1 Å². The van der Waals surface area contributed by atoms with Crippen molar-refractivity contribution in [3.05, 3.63) is 12.5 Å².